The van der Waals surface area contributed by atoms with Crippen LogP contribution in [0.15, 0.2) is 41.8 Å². The van der Waals surface area contributed by atoms with Crippen LogP contribution in [0.4, 0.5) is 4.39 Å². The number of ether oxygens (including phenoxy) is 1. The van der Waals surface area contributed by atoms with Gasteiger partial charge in [-0.3, -0.25) is 0 Å². The number of halogens is 1. The number of nitrogens with zero attached hydrogens (tertiary/aromatic N) is 2. The standard InChI is InChI=1S/C12H14FN3O3S/c1-16(20(17,18)12-8-14-9-15-12)6-7-19-11-4-2-10(13)3-5-11/h2-5,8-9H,6-7H2,1H3,(H,14,15). The van der Waals surface area contributed by atoms with Gasteiger partial charge in [-0.1, -0.05) is 0 Å². The first-order valence-electron chi connectivity index (χ1n) is 5.83. The van der Waals surface area contributed by atoms with E-state index in [1.54, 1.807) is 0 Å². The summed E-state index contributed by atoms with van der Waals surface area (Å²) in [6, 6.07) is 5.53. The van der Waals surface area contributed by atoms with Crippen LogP contribution in [0.3, 0.4) is 0 Å². The molecule has 1 aromatic carbocycles. The highest BCUT2D eigenvalue weighted by Gasteiger charge is 2.21. The van der Waals surface area contributed by atoms with Crippen molar-refractivity contribution in [3.8, 4) is 5.75 Å². The van der Waals surface area contributed by atoms with Crippen LogP contribution in [0.2, 0.25) is 0 Å². The predicted molar refractivity (Wildman–Crippen MR) is 70.3 cm³/mol. The van der Waals surface area contributed by atoms with E-state index in [1.807, 2.05) is 0 Å². The summed E-state index contributed by atoms with van der Waals surface area (Å²) >= 11 is 0. The summed E-state index contributed by atoms with van der Waals surface area (Å²) in [5.74, 6) is 0.134. The average molecular weight is 299 g/mol. The Morgan fingerprint density at radius 2 is 2.05 bits per heavy atom. The van der Waals surface area contributed by atoms with E-state index >= 15 is 0 Å². The van der Waals surface area contributed by atoms with E-state index in [2.05, 4.69) is 9.97 Å². The molecule has 0 saturated heterocycles. The lowest BCUT2D eigenvalue weighted by atomic mass is 10.3. The number of aromatic nitrogens is 2. The lowest BCUT2D eigenvalue weighted by Gasteiger charge is -2.16. The molecule has 8 heteroatoms. The van der Waals surface area contributed by atoms with Gasteiger partial charge in [-0.2, -0.15) is 4.31 Å². The van der Waals surface area contributed by atoms with Crippen LogP contribution in [0.25, 0.3) is 0 Å². The summed E-state index contributed by atoms with van der Waals surface area (Å²) in [5, 5.41) is 0.0294. The van der Waals surface area contributed by atoms with E-state index in [9.17, 15) is 12.8 Å². The van der Waals surface area contributed by atoms with Gasteiger partial charge in [-0.25, -0.2) is 17.8 Å². The molecule has 1 aromatic heterocycles. The van der Waals surface area contributed by atoms with Crippen LogP contribution in [-0.2, 0) is 10.0 Å². The predicted octanol–water partition coefficient (Wildman–Crippen LogP) is 1.25. The van der Waals surface area contributed by atoms with Crippen molar-refractivity contribution in [2.24, 2.45) is 0 Å². The van der Waals surface area contributed by atoms with Crippen molar-refractivity contribution in [1.82, 2.24) is 14.3 Å². The number of H-pyrrole nitrogens is 1. The number of aromatic amines is 1. The number of rotatable bonds is 6. The van der Waals surface area contributed by atoms with Gasteiger partial charge in [0.05, 0.1) is 12.5 Å². The van der Waals surface area contributed by atoms with E-state index < -0.39 is 10.0 Å². The van der Waals surface area contributed by atoms with Gasteiger partial charge < -0.3 is 9.72 Å². The molecule has 0 amide bonds. The number of nitrogens with one attached hydrogen (secondary N) is 1. The first-order valence-corrected chi connectivity index (χ1v) is 7.27. The second kappa shape index (κ2) is 6.02. The minimum atomic E-state index is -3.58. The van der Waals surface area contributed by atoms with Crippen LogP contribution in [0.1, 0.15) is 0 Å². The Kier molecular flexibility index (Phi) is 4.35. The summed E-state index contributed by atoms with van der Waals surface area (Å²) in [6.45, 7) is 0.328. The SMILES string of the molecule is CN(CCOc1ccc(F)cc1)S(=O)(=O)c1cnc[nH]1. The van der Waals surface area contributed by atoms with Crippen molar-refractivity contribution in [3.05, 3.63) is 42.6 Å². The Bertz CT molecular complexity index is 641. The van der Waals surface area contributed by atoms with Crippen molar-refractivity contribution in [2.45, 2.75) is 5.03 Å². The molecule has 6 nitrogen and oxygen atoms in total. The number of benzene rings is 1. The molecule has 0 atom stereocenters. The molecule has 0 saturated carbocycles. The molecule has 0 aliphatic heterocycles. The van der Waals surface area contributed by atoms with Crippen molar-refractivity contribution in [3.63, 3.8) is 0 Å². The highest BCUT2D eigenvalue weighted by molar-refractivity contribution is 7.89. The van der Waals surface area contributed by atoms with E-state index in [-0.39, 0.29) is 24.0 Å². The Morgan fingerprint density at radius 1 is 1.35 bits per heavy atom. The molecule has 0 bridgehead atoms. The Morgan fingerprint density at radius 3 is 2.65 bits per heavy atom. The molecule has 1 heterocycles. The summed E-state index contributed by atoms with van der Waals surface area (Å²) in [7, 11) is -2.13. The average Bonchev–Trinajstić information content (AvgIpc) is 2.95. The van der Waals surface area contributed by atoms with Crippen LogP contribution in [-0.4, -0.2) is 42.9 Å². The lowest BCUT2D eigenvalue weighted by Crippen LogP contribution is -2.31. The molecule has 2 aromatic rings. The molecule has 2 rings (SSSR count). The number of likely N-dealkylation sites (N-methyl/N-ethyl adjacent to an activating group) is 1. The van der Waals surface area contributed by atoms with E-state index in [1.165, 1.54) is 43.8 Å². The Hall–Kier alpha value is -1.93. The number of hydrogen-bond acceptors (Lipinski definition) is 4. The van der Waals surface area contributed by atoms with Gasteiger partial charge in [0.15, 0.2) is 5.03 Å². The minimum Gasteiger partial charge on any atom is -0.492 e. The summed E-state index contributed by atoms with van der Waals surface area (Å²) in [5.41, 5.74) is 0. The molecule has 0 fully saturated rings. The summed E-state index contributed by atoms with van der Waals surface area (Å²) < 4.78 is 43.3. The molecule has 0 radical (unpaired) electrons. The third-order valence-corrected chi connectivity index (χ3v) is 4.43. The minimum absolute atomic E-state index is 0.0294. The van der Waals surface area contributed by atoms with E-state index in [0.717, 1.165) is 4.31 Å². The molecule has 0 aliphatic rings. The number of sulfonamides is 1. The van der Waals surface area contributed by atoms with Crippen molar-refractivity contribution in [1.29, 1.82) is 0 Å². The van der Waals surface area contributed by atoms with Crippen LogP contribution in [0, 0.1) is 5.82 Å². The molecule has 0 unspecified atom stereocenters. The second-order valence-electron chi connectivity index (χ2n) is 4.04. The van der Waals surface area contributed by atoms with E-state index in [4.69, 9.17) is 4.74 Å². The zero-order valence-corrected chi connectivity index (χ0v) is 11.6. The van der Waals surface area contributed by atoms with Gasteiger partial charge in [0.2, 0.25) is 0 Å². The van der Waals surface area contributed by atoms with Gasteiger partial charge in [-0.05, 0) is 24.3 Å². The first kappa shape index (κ1) is 14.5. The van der Waals surface area contributed by atoms with Crippen LogP contribution < -0.4 is 4.74 Å². The van der Waals surface area contributed by atoms with Gasteiger partial charge in [-0.15, -0.1) is 0 Å². The number of hydrogen-bond donors (Lipinski definition) is 1. The molecule has 0 spiro atoms. The topological polar surface area (TPSA) is 75.3 Å². The maximum Gasteiger partial charge on any atom is 0.259 e. The fraction of sp³-hybridized carbons (Fsp3) is 0.250. The fourth-order valence-corrected chi connectivity index (χ4v) is 2.54. The molecular formula is C12H14FN3O3S. The third kappa shape index (κ3) is 3.34. The zero-order valence-electron chi connectivity index (χ0n) is 10.8. The maximum atomic E-state index is 12.7. The van der Waals surface area contributed by atoms with Crippen molar-refractivity contribution >= 4 is 10.0 Å². The second-order valence-corrected chi connectivity index (χ2v) is 6.06. The smallest absolute Gasteiger partial charge is 0.259 e. The monoisotopic (exact) mass is 299 g/mol. The fourth-order valence-electron chi connectivity index (χ4n) is 1.50. The normalized spacial score (nSPS) is 11.8. The maximum absolute atomic E-state index is 12.7. The Labute approximate surface area is 116 Å². The zero-order chi connectivity index (χ0) is 14.6. The van der Waals surface area contributed by atoms with Crippen LogP contribution in [0.5, 0.6) is 5.75 Å². The van der Waals surface area contributed by atoms with Gasteiger partial charge in [0, 0.05) is 13.6 Å². The first-order chi connectivity index (χ1) is 9.50. The quantitative estimate of drug-likeness (QED) is 0.871. The highest BCUT2D eigenvalue weighted by atomic mass is 32.2. The lowest BCUT2D eigenvalue weighted by molar-refractivity contribution is 0.286. The summed E-state index contributed by atoms with van der Waals surface area (Å²) in [4.78, 5) is 6.23. The molecule has 20 heavy (non-hydrogen) atoms. The van der Waals surface area contributed by atoms with Gasteiger partial charge in [0.25, 0.3) is 10.0 Å². The van der Waals surface area contributed by atoms with E-state index in [0.29, 0.717) is 5.75 Å². The molecule has 1 N–H and O–H groups in total. The largest absolute Gasteiger partial charge is 0.492 e. The Balaban J connectivity index is 1.89. The van der Waals surface area contributed by atoms with Gasteiger partial charge in [0.1, 0.15) is 18.2 Å². The molecule has 0 aliphatic carbocycles. The molecule has 108 valence electrons. The highest BCUT2D eigenvalue weighted by Crippen LogP contribution is 2.12. The van der Waals surface area contributed by atoms with Crippen molar-refractivity contribution < 1.29 is 17.5 Å². The van der Waals surface area contributed by atoms with Crippen LogP contribution >= 0.6 is 0 Å². The van der Waals surface area contributed by atoms with Crippen molar-refractivity contribution in [2.75, 3.05) is 20.2 Å². The third-order valence-electron chi connectivity index (χ3n) is 2.65. The van der Waals surface area contributed by atoms with Gasteiger partial charge >= 0.3 is 0 Å². The summed E-state index contributed by atoms with van der Waals surface area (Å²) in [6.07, 6.45) is 2.54. The number of imidazole rings is 1. The molecular weight excluding hydrogens is 285 g/mol.